The topological polar surface area (TPSA) is 55.9 Å². The lowest BCUT2D eigenvalue weighted by atomic mass is 10.1. The smallest absolute Gasteiger partial charge is 0.148 e. The molecule has 4 heteroatoms. The number of nitrogens with one attached hydrogen (secondary N) is 1. The number of nitrogens with two attached hydrogens (primary N) is 1. The van der Waals surface area contributed by atoms with Crippen LogP contribution in [0.25, 0.3) is 0 Å². The van der Waals surface area contributed by atoms with Crippen LogP contribution in [0.2, 0.25) is 0 Å². The largest absolute Gasteiger partial charge is 0.394 e. The maximum Gasteiger partial charge on any atom is 0.148 e. The third-order valence-electron chi connectivity index (χ3n) is 3.59. The Morgan fingerprint density at radius 1 is 1.15 bits per heavy atom. The van der Waals surface area contributed by atoms with E-state index in [1.165, 1.54) is 11.1 Å². The molecule has 108 valence electrons. The van der Waals surface area contributed by atoms with Gasteiger partial charge in [-0.2, -0.15) is 5.10 Å². The van der Waals surface area contributed by atoms with Crippen molar-refractivity contribution in [3.05, 3.63) is 41.1 Å². The molecular formula is C16H24N4. The molecule has 1 unspecified atom stereocenters. The lowest BCUT2D eigenvalue weighted by molar-refractivity contribution is 0.708. The monoisotopic (exact) mass is 272 g/mol. The summed E-state index contributed by atoms with van der Waals surface area (Å²) in [4.78, 5) is 0. The molecule has 1 heterocycles. The number of aromatic nitrogens is 2. The Kier molecular flexibility index (Phi) is 4.02. The minimum Gasteiger partial charge on any atom is -0.394 e. The van der Waals surface area contributed by atoms with Crippen LogP contribution in [0.3, 0.4) is 0 Å². The summed E-state index contributed by atoms with van der Waals surface area (Å²) in [6.07, 6.45) is 0. The van der Waals surface area contributed by atoms with Gasteiger partial charge in [0.15, 0.2) is 0 Å². The molecule has 0 radical (unpaired) electrons. The maximum atomic E-state index is 6.21. The zero-order chi connectivity index (χ0) is 14.9. The van der Waals surface area contributed by atoms with E-state index in [1.807, 2.05) is 11.7 Å². The molecule has 1 aromatic heterocycles. The molecule has 2 rings (SSSR count). The third kappa shape index (κ3) is 2.79. The molecule has 20 heavy (non-hydrogen) atoms. The number of anilines is 2. The van der Waals surface area contributed by atoms with Crippen molar-refractivity contribution in [1.29, 1.82) is 0 Å². The summed E-state index contributed by atoms with van der Waals surface area (Å²) in [6.45, 7) is 8.43. The molecular weight excluding hydrogens is 248 g/mol. The highest BCUT2D eigenvalue weighted by atomic mass is 15.3. The predicted octanol–water partition coefficient (Wildman–Crippen LogP) is 3.61. The van der Waals surface area contributed by atoms with Gasteiger partial charge < -0.3 is 11.1 Å². The van der Waals surface area contributed by atoms with E-state index in [0.717, 1.165) is 17.2 Å². The summed E-state index contributed by atoms with van der Waals surface area (Å²) in [7, 11) is 1.92. The summed E-state index contributed by atoms with van der Waals surface area (Å²) in [6, 6.07) is 8.72. The predicted molar refractivity (Wildman–Crippen MR) is 84.9 cm³/mol. The van der Waals surface area contributed by atoms with Crippen LogP contribution in [-0.4, -0.2) is 9.78 Å². The lowest BCUT2D eigenvalue weighted by Gasteiger charge is -2.16. The fourth-order valence-corrected chi connectivity index (χ4v) is 2.30. The third-order valence-corrected chi connectivity index (χ3v) is 3.59. The highest BCUT2D eigenvalue weighted by Crippen LogP contribution is 2.30. The molecule has 2 aromatic rings. The van der Waals surface area contributed by atoms with Crippen molar-refractivity contribution in [2.75, 3.05) is 11.1 Å². The van der Waals surface area contributed by atoms with Gasteiger partial charge >= 0.3 is 0 Å². The van der Waals surface area contributed by atoms with Crippen LogP contribution in [0.15, 0.2) is 24.3 Å². The van der Waals surface area contributed by atoms with Crippen LogP contribution >= 0.6 is 0 Å². The standard InChI is InChI=1S/C16H24N4/c1-10(2)15-14(17)16(20(5)19-15)18-12(4)13-8-6-11(3)7-9-13/h6-10,12,18H,17H2,1-5H3. The molecule has 0 aliphatic carbocycles. The fourth-order valence-electron chi connectivity index (χ4n) is 2.30. The van der Waals surface area contributed by atoms with Crippen LogP contribution < -0.4 is 11.1 Å². The first-order chi connectivity index (χ1) is 9.40. The molecule has 0 saturated heterocycles. The molecule has 0 aliphatic heterocycles. The zero-order valence-corrected chi connectivity index (χ0v) is 12.9. The quantitative estimate of drug-likeness (QED) is 0.894. The SMILES string of the molecule is Cc1ccc(C(C)Nc2c(N)c(C(C)C)nn2C)cc1. The van der Waals surface area contributed by atoms with Crippen molar-refractivity contribution in [2.24, 2.45) is 7.05 Å². The number of benzene rings is 1. The number of nitrogens with zero attached hydrogens (tertiary/aromatic N) is 2. The van der Waals surface area contributed by atoms with Crippen LogP contribution in [0.5, 0.6) is 0 Å². The molecule has 0 bridgehead atoms. The summed E-state index contributed by atoms with van der Waals surface area (Å²) in [5.41, 5.74) is 10.4. The Balaban J connectivity index is 2.23. The number of nitrogen functional groups attached to an aromatic ring is 1. The van der Waals surface area contributed by atoms with Gasteiger partial charge in [-0.3, -0.25) is 4.68 Å². The van der Waals surface area contributed by atoms with Gasteiger partial charge in [0.2, 0.25) is 0 Å². The van der Waals surface area contributed by atoms with Crippen molar-refractivity contribution in [1.82, 2.24) is 9.78 Å². The zero-order valence-electron chi connectivity index (χ0n) is 12.9. The summed E-state index contributed by atoms with van der Waals surface area (Å²) in [5.74, 6) is 1.22. The van der Waals surface area contributed by atoms with E-state index in [2.05, 4.69) is 62.4 Å². The molecule has 1 aromatic carbocycles. The van der Waals surface area contributed by atoms with Crippen LogP contribution in [0, 0.1) is 6.92 Å². The number of hydrogen-bond acceptors (Lipinski definition) is 3. The highest BCUT2D eigenvalue weighted by molar-refractivity contribution is 5.66. The summed E-state index contributed by atoms with van der Waals surface area (Å²) >= 11 is 0. The van der Waals surface area contributed by atoms with Crippen molar-refractivity contribution < 1.29 is 0 Å². The molecule has 4 nitrogen and oxygen atoms in total. The van der Waals surface area contributed by atoms with Crippen LogP contribution in [0.4, 0.5) is 11.5 Å². The van der Waals surface area contributed by atoms with Crippen molar-refractivity contribution in [3.8, 4) is 0 Å². The second-order valence-corrected chi connectivity index (χ2v) is 5.70. The van der Waals surface area contributed by atoms with Gasteiger partial charge in [0.1, 0.15) is 5.82 Å². The average Bonchev–Trinajstić information content (AvgIpc) is 2.67. The van der Waals surface area contributed by atoms with Crippen molar-refractivity contribution in [2.45, 2.75) is 39.7 Å². The molecule has 0 spiro atoms. The molecule has 1 atom stereocenters. The molecule has 0 amide bonds. The van der Waals surface area contributed by atoms with Crippen LogP contribution in [-0.2, 0) is 7.05 Å². The van der Waals surface area contributed by atoms with Gasteiger partial charge in [-0.25, -0.2) is 0 Å². The minimum absolute atomic E-state index is 0.188. The van der Waals surface area contributed by atoms with Crippen molar-refractivity contribution in [3.63, 3.8) is 0 Å². The van der Waals surface area contributed by atoms with E-state index in [1.54, 1.807) is 0 Å². The molecule has 0 fully saturated rings. The minimum atomic E-state index is 0.188. The Labute approximate surface area is 121 Å². The Bertz CT molecular complexity index is 581. The first kappa shape index (κ1) is 14.4. The maximum absolute atomic E-state index is 6.21. The Hall–Kier alpha value is -1.97. The van der Waals surface area contributed by atoms with Gasteiger partial charge in [0.25, 0.3) is 0 Å². The number of hydrogen-bond donors (Lipinski definition) is 2. The summed E-state index contributed by atoms with van der Waals surface area (Å²) < 4.78 is 1.83. The molecule has 0 saturated carbocycles. The Morgan fingerprint density at radius 2 is 1.75 bits per heavy atom. The highest BCUT2D eigenvalue weighted by Gasteiger charge is 2.17. The number of aryl methyl sites for hydroxylation is 2. The van der Waals surface area contributed by atoms with Gasteiger partial charge in [-0.05, 0) is 25.3 Å². The van der Waals surface area contributed by atoms with Crippen LogP contribution in [0.1, 0.15) is 49.6 Å². The van der Waals surface area contributed by atoms with Gasteiger partial charge in [0.05, 0.1) is 17.4 Å². The normalized spacial score (nSPS) is 12.7. The van der Waals surface area contributed by atoms with Crippen molar-refractivity contribution >= 4 is 11.5 Å². The number of rotatable bonds is 4. The molecule has 0 aliphatic rings. The van der Waals surface area contributed by atoms with E-state index in [-0.39, 0.29) is 6.04 Å². The van der Waals surface area contributed by atoms with Gasteiger partial charge in [0, 0.05) is 7.05 Å². The average molecular weight is 272 g/mol. The van der Waals surface area contributed by atoms with E-state index in [9.17, 15) is 0 Å². The van der Waals surface area contributed by atoms with E-state index < -0.39 is 0 Å². The first-order valence-electron chi connectivity index (χ1n) is 7.05. The lowest BCUT2D eigenvalue weighted by Crippen LogP contribution is -2.11. The second kappa shape index (κ2) is 5.57. The van der Waals surface area contributed by atoms with E-state index in [0.29, 0.717) is 5.92 Å². The first-order valence-corrected chi connectivity index (χ1v) is 7.05. The van der Waals surface area contributed by atoms with Gasteiger partial charge in [-0.1, -0.05) is 43.7 Å². The Morgan fingerprint density at radius 3 is 2.25 bits per heavy atom. The second-order valence-electron chi connectivity index (χ2n) is 5.70. The molecule has 3 N–H and O–H groups in total. The van der Waals surface area contributed by atoms with E-state index >= 15 is 0 Å². The van der Waals surface area contributed by atoms with E-state index in [4.69, 9.17) is 5.73 Å². The fraction of sp³-hybridized carbons (Fsp3) is 0.438. The van der Waals surface area contributed by atoms with Gasteiger partial charge in [-0.15, -0.1) is 0 Å². The summed E-state index contributed by atoms with van der Waals surface area (Å²) in [5, 5.41) is 7.96.